The number of rotatable bonds is 2. The lowest BCUT2D eigenvalue weighted by Gasteiger charge is -1.97. The molecule has 0 aliphatic heterocycles. The molecule has 0 atom stereocenters. The van der Waals surface area contributed by atoms with Crippen LogP contribution < -0.4 is 4.74 Å². The fourth-order valence-electron chi connectivity index (χ4n) is 3.52. The molecule has 0 bridgehead atoms. The van der Waals surface area contributed by atoms with Gasteiger partial charge in [0.05, 0.1) is 12.5 Å². The molecular weight excluding hydrogens is 332 g/mol. The van der Waals surface area contributed by atoms with Crippen LogP contribution in [0.1, 0.15) is 0 Å². The largest absolute Gasteiger partial charge is 0.493 e. The Kier molecular flexibility index (Phi) is 2.48. The minimum absolute atomic E-state index is 0.452. The van der Waals surface area contributed by atoms with Crippen LogP contribution in [0, 0.1) is 0 Å². The van der Waals surface area contributed by atoms with Crippen LogP contribution in [0.5, 0.6) is 5.75 Å². The van der Waals surface area contributed by atoms with Crippen molar-refractivity contribution in [3.63, 3.8) is 0 Å². The van der Waals surface area contributed by atoms with Crippen LogP contribution in [0.4, 0.5) is 0 Å². The molecule has 0 N–H and O–H groups in total. The van der Waals surface area contributed by atoms with Gasteiger partial charge in [-0.15, -0.1) is 0 Å². The summed E-state index contributed by atoms with van der Waals surface area (Å²) in [6, 6.07) is 15.8. The zero-order valence-corrected chi connectivity index (χ0v) is 13.7. The predicted molar refractivity (Wildman–Crippen MR) is 97.5 cm³/mol. The van der Waals surface area contributed by atoms with Crippen molar-refractivity contribution in [2.75, 3.05) is 7.11 Å². The van der Waals surface area contributed by atoms with Crippen molar-refractivity contribution in [3.8, 4) is 17.1 Å². The first-order valence-electron chi connectivity index (χ1n) is 8.21. The number of methoxy groups -OCH3 is 1. The Hall–Kier alpha value is -3.60. The SMILES string of the molecule is COc1coc2oc3cc(-c4cc5c(o4)oc4ccccc45)ccc3c12. The van der Waals surface area contributed by atoms with E-state index in [2.05, 4.69) is 0 Å². The first-order valence-corrected chi connectivity index (χ1v) is 8.21. The van der Waals surface area contributed by atoms with Gasteiger partial charge in [0.1, 0.15) is 28.6 Å². The number of fused-ring (bicyclic) bond motifs is 6. The van der Waals surface area contributed by atoms with Crippen LogP contribution in [-0.4, -0.2) is 7.11 Å². The monoisotopic (exact) mass is 344 g/mol. The molecule has 6 rings (SSSR count). The summed E-state index contributed by atoms with van der Waals surface area (Å²) in [5, 5.41) is 3.78. The van der Waals surface area contributed by atoms with Crippen molar-refractivity contribution >= 4 is 44.3 Å². The van der Waals surface area contributed by atoms with E-state index in [9.17, 15) is 0 Å². The van der Waals surface area contributed by atoms with Crippen LogP contribution in [0.15, 0.2) is 72.5 Å². The quantitative estimate of drug-likeness (QED) is 0.366. The fourth-order valence-corrected chi connectivity index (χ4v) is 3.52. The Balaban J connectivity index is 1.55. The number of hydrogen-bond acceptors (Lipinski definition) is 5. The number of furan rings is 4. The number of ether oxygens (including phenoxy) is 1. The lowest BCUT2D eigenvalue weighted by atomic mass is 10.1. The van der Waals surface area contributed by atoms with Gasteiger partial charge in [-0.2, -0.15) is 0 Å². The van der Waals surface area contributed by atoms with Gasteiger partial charge < -0.3 is 22.4 Å². The van der Waals surface area contributed by atoms with Gasteiger partial charge in [-0.05, 0) is 24.3 Å². The van der Waals surface area contributed by atoms with E-state index in [-0.39, 0.29) is 0 Å². The summed E-state index contributed by atoms with van der Waals surface area (Å²) in [5.41, 5.74) is 2.44. The molecule has 0 aliphatic rings. The van der Waals surface area contributed by atoms with Crippen LogP contribution >= 0.6 is 0 Å². The third-order valence-corrected chi connectivity index (χ3v) is 4.76. The van der Waals surface area contributed by atoms with E-state index >= 15 is 0 Å². The molecule has 0 aliphatic carbocycles. The Labute approximate surface area is 146 Å². The summed E-state index contributed by atoms with van der Waals surface area (Å²) < 4.78 is 28.3. The highest BCUT2D eigenvalue weighted by molar-refractivity contribution is 6.08. The molecule has 126 valence electrons. The zero-order chi connectivity index (χ0) is 17.3. The standard InChI is InChI=1S/C21H12O5/c1-22-18-10-23-21-19(18)13-7-6-11(8-17(13)26-21)16-9-14-12-4-2-3-5-15(12)24-20(14)25-16/h2-10H,1H3. The molecule has 0 saturated carbocycles. The van der Waals surface area contributed by atoms with Crippen LogP contribution in [0.25, 0.3) is 55.6 Å². The molecule has 26 heavy (non-hydrogen) atoms. The van der Waals surface area contributed by atoms with Crippen LogP contribution in [0.2, 0.25) is 0 Å². The van der Waals surface area contributed by atoms with Crippen molar-refractivity contribution < 1.29 is 22.4 Å². The molecule has 0 unspecified atom stereocenters. The molecule has 0 spiro atoms. The van der Waals surface area contributed by atoms with E-state index in [0.29, 0.717) is 22.9 Å². The fraction of sp³-hybridized carbons (Fsp3) is 0.0476. The molecular formula is C21H12O5. The molecule has 2 aromatic carbocycles. The Bertz CT molecular complexity index is 1420. The van der Waals surface area contributed by atoms with Crippen LogP contribution in [-0.2, 0) is 0 Å². The summed E-state index contributed by atoms with van der Waals surface area (Å²) in [5.74, 6) is 2.37. The highest BCUT2D eigenvalue weighted by Crippen LogP contribution is 2.40. The summed E-state index contributed by atoms with van der Waals surface area (Å²) in [6.07, 6.45) is 1.55. The van der Waals surface area contributed by atoms with Crippen molar-refractivity contribution in [1.82, 2.24) is 0 Å². The Morgan fingerprint density at radius 2 is 1.65 bits per heavy atom. The lowest BCUT2D eigenvalue weighted by Crippen LogP contribution is -1.78. The second-order valence-corrected chi connectivity index (χ2v) is 6.19. The molecule has 0 amide bonds. The van der Waals surface area contributed by atoms with Crippen LogP contribution in [0.3, 0.4) is 0 Å². The third-order valence-electron chi connectivity index (χ3n) is 4.76. The van der Waals surface area contributed by atoms with E-state index in [1.165, 1.54) is 0 Å². The van der Waals surface area contributed by atoms with Crippen molar-refractivity contribution in [2.24, 2.45) is 0 Å². The second kappa shape index (κ2) is 4.73. The summed E-state index contributed by atoms with van der Waals surface area (Å²) in [7, 11) is 1.61. The number of hydrogen-bond donors (Lipinski definition) is 0. The summed E-state index contributed by atoms with van der Waals surface area (Å²) >= 11 is 0. The van der Waals surface area contributed by atoms with E-state index < -0.39 is 0 Å². The van der Waals surface area contributed by atoms with Gasteiger partial charge in [-0.25, -0.2) is 0 Å². The average molecular weight is 344 g/mol. The van der Waals surface area contributed by atoms with Gasteiger partial charge in [-0.1, -0.05) is 24.3 Å². The third kappa shape index (κ3) is 1.69. The molecule has 5 nitrogen and oxygen atoms in total. The zero-order valence-electron chi connectivity index (χ0n) is 13.7. The maximum Gasteiger partial charge on any atom is 0.302 e. The van der Waals surface area contributed by atoms with Crippen molar-refractivity contribution in [2.45, 2.75) is 0 Å². The molecule has 0 fully saturated rings. The van der Waals surface area contributed by atoms with Gasteiger partial charge in [0.2, 0.25) is 0 Å². The van der Waals surface area contributed by atoms with E-state index in [4.69, 9.17) is 22.4 Å². The molecule has 0 radical (unpaired) electrons. The average Bonchev–Trinajstić information content (AvgIpc) is 3.39. The highest BCUT2D eigenvalue weighted by atomic mass is 16.5. The van der Waals surface area contributed by atoms with Crippen molar-refractivity contribution in [3.05, 3.63) is 54.8 Å². The molecule has 6 aromatic rings. The highest BCUT2D eigenvalue weighted by Gasteiger charge is 2.18. The van der Waals surface area contributed by atoms with Gasteiger partial charge in [0.25, 0.3) is 5.78 Å². The Morgan fingerprint density at radius 1 is 0.769 bits per heavy atom. The Morgan fingerprint density at radius 3 is 2.58 bits per heavy atom. The minimum atomic E-state index is 0.452. The first kappa shape index (κ1) is 13.7. The smallest absolute Gasteiger partial charge is 0.302 e. The normalized spacial score (nSPS) is 12.0. The van der Waals surface area contributed by atoms with E-state index in [1.54, 1.807) is 13.4 Å². The lowest BCUT2D eigenvalue weighted by molar-refractivity contribution is 0.406. The predicted octanol–water partition coefficient (Wildman–Crippen LogP) is 6.35. The first-order chi connectivity index (χ1) is 12.8. The molecule has 5 heteroatoms. The van der Waals surface area contributed by atoms with Crippen molar-refractivity contribution in [1.29, 1.82) is 0 Å². The van der Waals surface area contributed by atoms with Gasteiger partial charge >= 0.3 is 5.78 Å². The number of para-hydroxylation sites is 1. The van der Waals surface area contributed by atoms with Gasteiger partial charge in [-0.3, -0.25) is 0 Å². The van der Waals surface area contributed by atoms with E-state index in [0.717, 1.165) is 38.5 Å². The van der Waals surface area contributed by atoms with E-state index in [1.807, 2.05) is 48.5 Å². The van der Waals surface area contributed by atoms with Gasteiger partial charge in [0, 0.05) is 16.3 Å². The second-order valence-electron chi connectivity index (χ2n) is 6.19. The minimum Gasteiger partial charge on any atom is -0.493 e. The summed E-state index contributed by atoms with van der Waals surface area (Å²) in [6.45, 7) is 0. The molecule has 4 aromatic heterocycles. The van der Waals surface area contributed by atoms with Gasteiger partial charge in [0.15, 0.2) is 5.75 Å². The molecule has 0 saturated heterocycles. The molecule has 4 heterocycles. The maximum absolute atomic E-state index is 5.93. The number of benzene rings is 2. The maximum atomic E-state index is 5.93. The topological polar surface area (TPSA) is 61.8 Å². The summed E-state index contributed by atoms with van der Waals surface area (Å²) in [4.78, 5) is 0.